The Morgan fingerprint density at radius 1 is 1.11 bits per heavy atom. The van der Waals surface area contributed by atoms with Crippen LogP contribution < -0.4 is 15.4 Å². The minimum Gasteiger partial charge on any atom is -0.490 e. The quantitative estimate of drug-likeness (QED) is 0.170. The van der Waals surface area contributed by atoms with E-state index < -0.39 is 17.7 Å². The number of pyridine rings is 1. The summed E-state index contributed by atoms with van der Waals surface area (Å²) in [6, 6.07) is 8.94. The van der Waals surface area contributed by atoms with Crippen molar-refractivity contribution in [3.05, 3.63) is 88.6 Å². The van der Waals surface area contributed by atoms with Gasteiger partial charge in [-0.25, -0.2) is 13.8 Å². The molecule has 1 atom stereocenters. The molecule has 0 bridgehead atoms. The van der Waals surface area contributed by atoms with Gasteiger partial charge in [-0.15, -0.1) is 0 Å². The number of ether oxygens (including phenoxy) is 2. The first kappa shape index (κ1) is 29.2. The molecule has 11 heteroatoms. The molecule has 0 radical (unpaired) electrons. The lowest BCUT2D eigenvalue weighted by atomic mass is 9.90. The maximum Gasteiger partial charge on any atom is 0.251 e. The molecular formula is C33H31F2N5O4. The van der Waals surface area contributed by atoms with Crippen LogP contribution >= 0.6 is 0 Å². The van der Waals surface area contributed by atoms with E-state index in [4.69, 9.17) is 14.5 Å². The van der Waals surface area contributed by atoms with E-state index in [-0.39, 0.29) is 36.3 Å². The van der Waals surface area contributed by atoms with E-state index in [2.05, 4.69) is 27.4 Å². The Hall–Kier alpha value is -4.90. The van der Waals surface area contributed by atoms with Crippen molar-refractivity contribution in [3.63, 3.8) is 0 Å². The summed E-state index contributed by atoms with van der Waals surface area (Å²) in [7, 11) is 1.52. The third-order valence-corrected chi connectivity index (χ3v) is 7.99. The third kappa shape index (κ3) is 5.35. The third-order valence-electron chi connectivity index (χ3n) is 7.99. The summed E-state index contributed by atoms with van der Waals surface area (Å²) >= 11 is 0. The van der Waals surface area contributed by atoms with Gasteiger partial charge in [0.25, 0.3) is 5.91 Å². The van der Waals surface area contributed by atoms with Crippen LogP contribution in [0.5, 0.6) is 5.75 Å². The molecule has 1 aliphatic carbocycles. The monoisotopic (exact) mass is 599 g/mol. The molecule has 44 heavy (non-hydrogen) atoms. The molecule has 9 nitrogen and oxygen atoms in total. The van der Waals surface area contributed by atoms with Gasteiger partial charge in [0.15, 0.2) is 0 Å². The maximum atomic E-state index is 15.9. The van der Waals surface area contributed by atoms with Crippen molar-refractivity contribution in [2.24, 2.45) is 0 Å². The largest absolute Gasteiger partial charge is 0.490 e. The molecule has 1 aliphatic heterocycles. The van der Waals surface area contributed by atoms with E-state index in [1.54, 1.807) is 19.1 Å². The fourth-order valence-corrected chi connectivity index (χ4v) is 5.90. The number of benzene rings is 2. The number of halogens is 2. The summed E-state index contributed by atoms with van der Waals surface area (Å²) in [5.41, 5.74) is 6.82. The maximum absolute atomic E-state index is 15.9. The Labute approximate surface area is 252 Å². The fourth-order valence-electron chi connectivity index (χ4n) is 5.90. The number of carbonyl (C=O) groups is 2. The van der Waals surface area contributed by atoms with Crippen LogP contribution in [0.15, 0.2) is 49.1 Å². The SMILES string of the molecule is C=CC(=O)N[C@H](C)c1cc(-c2nc(-c3ccc4c(c3)CNC4=O)c3c(c2-c2c(F)cc(F)cc2OCCOC)CCC3)n[nH]1. The second-order valence-corrected chi connectivity index (χ2v) is 10.8. The first-order valence-corrected chi connectivity index (χ1v) is 14.4. The summed E-state index contributed by atoms with van der Waals surface area (Å²) in [5, 5.41) is 13.2. The lowest BCUT2D eigenvalue weighted by Crippen LogP contribution is -2.24. The van der Waals surface area contributed by atoms with E-state index in [9.17, 15) is 14.0 Å². The summed E-state index contributed by atoms with van der Waals surface area (Å²) in [6.07, 6.45) is 3.33. The second-order valence-electron chi connectivity index (χ2n) is 10.8. The number of fused-ring (bicyclic) bond motifs is 2. The average molecular weight is 600 g/mol. The van der Waals surface area contributed by atoms with Gasteiger partial charge in [0.05, 0.1) is 35.3 Å². The van der Waals surface area contributed by atoms with Crippen LogP contribution in [0, 0.1) is 11.6 Å². The Balaban J connectivity index is 1.58. The van der Waals surface area contributed by atoms with Crippen LogP contribution in [-0.4, -0.2) is 47.3 Å². The van der Waals surface area contributed by atoms with Crippen LogP contribution in [0.25, 0.3) is 33.8 Å². The molecule has 2 aliphatic rings. The van der Waals surface area contributed by atoms with E-state index in [1.165, 1.54) is 19.3 Å². The lowest BCUT2D eigenvalue weighted by molar-refractivity contribution is -0.117. The molecule has 0 saturated heterocycles. The van der Waals surface area contributed by atoms with Gasteiger partial charge in [0.1, 0.15) is 29.7 Å². The van der Waals surface area contributed by atoms with Crippen LogP contribution in [0.1, 0.15) is 52.1 Å². The highest BCUT2D eigenvalue weighted by atomic mass is 19.1. The molecule has 0 saturated carbocycles. The van der Waals surface area contributed by atoms with Gasteiger partial charge in [-0.05, 0) is 67.2 Å². The average Bonchev–Trinajstić information content (AvgIpc) is 3.77. The van der Waals surface area contributed by atoms with Gasteiger partial charge < -0.3 is 20.1 Å². The summed E-state index contributed by atoms with van der Waals surface area (Å²) in [6.45, 7) is 6.04. The van der Waals surface area contributed by atoms with Gasteiger partial charge in [-0.1, -0.05) is 12.6 Å². The Morgan fingerprint density at radius 2 is 1.93 bits per heavy atom. The highest BCUT2D eigenvalue weighted by molar-refractivity contribution is 5.99. The number of carbonyl (C=O) groups excluding carboxylic acids is 2. The Bertz CT molecular complexity index is 1800. The topological polar surface area (TPSA) is 118 Å². The molecule has 0 spiro atoms. The number of rotatable bonds is 10. The second kappa shape index (κ2) is 12.0. The molecular weight excluding hydrogens is 568 g/mol. The predicted molar refractivity (Wildman–Crippen MR) is 160 cm³/mol. The summed E-state index contributed by atoms with van der Waals surface area (Å²) < 4.78 is 41.4. The molecule has 226 valence electrons. The zero-order chi connectivity index (χ0) is 31.0. The van der Waals surface area contributed by atoms with Gasteiger partial charge in [0.2, 0.25) is 5.91 Å². The number of aromatic nitrogens is 3. The minimum atomic E-state index is -0.785. The standard InChI is InChI=1S/C33H31F2N5O4/c1-4-28(41)37-17(2)25-15-26(40-39-25)32-29(30-24(35)13-20(34)14-27(30)44-11-10-43-3)22-6-5-7-23(22)31(38-32)18-8-9-21-19(12-18)16-36-33(21)42/h4,8-9,12-15,17H,1,5-7,10-11,16H2,2-3H3,(H,36,42)(H,37,41)(H,39,40)/t17-/m1/s1. The smallest absolute Gasteiger partial charge is 0.251 e. The van der Waals surface area contributed by atoms with Crippen LogP contribution in [0.3, 0.4) is 0 Å². The fraction of sp³-hybridized carbons (Fsp3) is 0.273. The van der Waals surface area contributed by atoms with Gasteiger partial charge in [-0.2, -0.15) is 5.10 Å². The van der Waals surface area contributed by atoms with Crippen molar-refractivity contribution >= 4 is 11.8 Å². The molecule has 4 aromatic rings. The molecule has 0 unspecified atom stereocenters. The number of hydrogen-bond acceptors (Lipinski definition) is 6. The van der Waals surface area contributed by atoms with Crippen molar-refractivity contribution in [1.82, 2.24) is 25.8 Å². The van der Waals surface area contributed by atoms with Crippen molar-refractivity contribution in [2.75, 3.05) is 20.3 Å². The molecule has 2 amide bonds. The molecule has 2 aromatic carbocycles. The van der Waals surface area contributed by atoms with Gasteiger partial charge >= 0.3 is 0 Å². The zero-order valence-electron chi connectivity index (χ0n) is 24.4. The Kier molecular flexibility index (Phi) is 7.96. The minimum absolute atomic E-state index is 0.0361. The van der Waals surface area contributed by atoms with Crippen molar-refractivity contribution in [3.8, 4) is 39.5 Å². The first-order chi connectivity index (χ1) is 21.3. The number of H-pyrrole nitrogens is 1. The normalized spacial score (nSPS) is 14.1. The van der Waals surface area contributed by atoms with Crippen molar-refractivity contribution < 1.29 is 27.8 Å². The van der Waals surface area contributed by atoms with E-state index >= 15 is 4.39 Å². The molecule has 3 heterocycles. The molecule has 6 rings (SSSR count). The van der Waals surface area contributed by atoms with E-state index in [1.807, 2.05) is 12.1 Å². The Morgan fingerprint density at radius 3 is 2.73 bits per heavy atom. The summed E-state index contributed by atoms with van der Waals surface area (Å²) in [4.78, 5) is 29.3. The molecule has 3 N–H and O–H groups in total. The number of methoxy groups -OCH3 is 1. The van der Waals surface area contributed by atoms with Crippen molar-refractivity contribution in [2.45, 2.75) is 38.8 Å². The lowest BCUT2D eigenvalue weighted by Gasteiger charge is -2.20. The van der Waals surface area contributed by atoms with Gasteiger partial charge in [-0.3, -0.25) is 14.7 Å². The highest BCUT2D eigenvalue weighted by Gasteiger charge is 2.31. The van der Waals surface area contributed by atoms with Gasteiger partial charge in [0, 0.05) is 42.5 Å². The number of aromatic amines is 1. The van der Waals surface area contributed by atoms with E-state index in [0.717, 1.165) is 34.7 Å². The van der Waals surface area contributed by atoms with E-state index in [0.29, 0.717) is 53.3 Å². The first-order valence-electron chi connectivity index (χ1n) is 14.4. The number of nitrogens with zero attached hydrogens (tertiary/aromatic N) is 2. The van der Waals surface area contributed by atoms with Crippen LogP contribution in [0.4, 0.5) is 8.78 Å². The number of hydrogen-bond donors (Lipinski definition) is 3. The summed E-state index contributed by atoms with van der Waals surface area (Å²) in [5.74, 6) is -1.98. The van der Waals surface area contributed by atoms with Crippen molar-refractivity contribution in [1.29, 1.82) is 0 Å². The predicted octanol–water partition coefficient (Wildman–Crippen LogP) is 5.20. The number of amides is 2. The molecule has 2 aromatic heterocycles. The molecule has 0 fully saturated rings. The van der Waals surface area contributed by atoms with Crippen LogP contribution in [0.2, 0.25) is 0 Å². The number of nitrogens with one attached hydrogen (secondary N) is 3. The van der Waals surface area contributed by atoms with Crippen LogP contribution in [-0.2, 0) is 28.9 Å². The highest BCUT2D eigenvalue weighted by Crippen LogP contribution is 2.47. The zero-order valence-corrected chi connectivity index (χ0v) is 24.4.